The van der Waals surface area contributed by atoms with Crippen molar-refractivity contribution in [2.45, 2.75) is 26.9 Å². The van der Waals surface area contributed by atoms with E-state index < -0.39 is 0 Å². The highest BCUT2D eigenvalue weighted by molar-refractivity contribution is 5.89. The van der Waals surface area contributed by atoms with Gasteiger partial charge in [0.25, 0.3) is 0 Å². The number of carbonyl (C=O) groups excluding carboxylic acids is 1. The third-order valence-electron chi connectivity index (χ3n) is 3.62. The molecular formula is C21H23N5O2. The van der Waals surface area contributed by atoms with Crippen LogP contribution in [-0.4, -0.2) is 22.0 Å². The normalized spacial score (nSPS) is 10.4. The van der Waals surface area contributed by atoms with Gasteiger partial charge in [-0.2, -0.15) is 0 Å². The van der Waals surface area contributed by atoms with Crippen LogP contribution in [-0.2, 0) is 4.79 Å². The molecule has 3 N–H and O–H groups in total. The smallest absolute Gasteiger partial charge is 0.221 e. The number of benzene rings is 2. The first-order valence-electron chi connectivity index (χ1n) is 8.98. The first-order valence-corrected chi connectivity index (χ1v) is 8.98. The molecule has 7 nitrogen and oxygen atoms in total. The maximum absolute atomic E-state index is 11.2. The number of anilines is 5. The van der Waals surface area contributed by atoms with Crippen molar-refractivity contribution in [2.75, 3.05) is 16.0 Å². The highest BCUT2D eigenvalue weighted by Crippen LogP contribution is 2.23. The van der Waals surface area contributed by atoms with Gasteiger partial charge in [-0.1, -0.05) is 6.07 Å². The summed E-state index contributed by atoms with van der Waals surface area (Å²) in [4.78, 5) is 19.7. The van der Waals surface area contributed by atoms with Crippen LogP contribution in [0.2, 0.25) is 0 Å². The monoisotopic (exact) mass is 377 g/mol. The fourth-order valence-corrected chi connectivity index (χ4v) is 2.56. The number of amides is 1. The number of hydrogen-bond acceptors (Lipinski definition) is 6. The second-order valence-corrected chi connectivity index (χ2v) is 6.49. The number of nitrogens with one attached hydrogen (secondary N) is 3. The lowest BCUT2D eigenvalue weighted by atomic mass is 10.2. The Morgan fingerprint density at radius 2 is 1.54 bits per heavy atom. The van der Waals surface area contributed by atoms with Crippen molar-refractivity contribution in [3.05, 3.63) is 60.9 Å². The van der Waals surface area contributed by atoms with Crippen LogP contribution in [0.4, 0.5) is 28.7 Å². The van der Waals surface area contributed by atoms with E-state index in [0.29, 0.717) is 17.3 Å². The summed E-state index contributed by atoms with van der Waals surface area (Å²) in [6.07, 6.45) is 1.62. The minimum Gasteiger partial charge on any atom is -0.491 e. The number of aromatic nitrogens is 2. The van der Waals surface area contributed by atoms with Gasteiger partial charge in [0.05, 0.1) is 6.10 Å². The molecule has 0 aliphatic rings. The number of hydrogen-bond donors (Lipinski definition) is 3. The van der Waals surface area contributed by atoms with Gasteiger partial charge in [-0.3, -0.25) is 4.79 Å². The lowest BCUT2D eigenvalue weighted by molar-refractivity contribution is -0.114. The Kier molecular flexibility index (Phi) is 6.06. The van der Waals surface area contributed by atoms with E-state index in [0.717, 1.165) is 17.1 Å². The van der Waals surface area contributed by atoms with Gasteiger partial charge < -0.3 is 20.7 Å². The molecule has 0 saturated heterocycles. The Balaban J connectivity index is 1.68. The molecule has 144 valence electrons. The van der Waals surface area contributed by atoms with Crippen molar-refractivity contribution in [1.29, 1.82) is 0 Å². The SMILES string of the molecule is CC(=O)Nc1cccc(Nc2cc(Nc3ccc(OC(C)C)cc3)ncn2)c1. The molecule has 0 spiro atoms. The maximum Gasteiger partial charge on any atom is 0.221 e. The summed E-state index contributed by atoms with van der Waals surface area (Å²) < 4.78 is 5.65. The minimum atomic E-state index is -0.115. The molecule has 1 aromatic heterocycles. The number of ether oxygens (including phenoxy) is 1. The van der Waals surface area contributed by atoms with Gasteiger partial charge in [0.2, 0.25) is 5.91 Å². The Morgan fingerprint density at radius 3 is 2.18 bits per heavy atom. The Labute approximate surface area is 164 Å². The third kappa shape index (κ3) is 5.70. The first kappa shape index (κ1) is 19.2. The molecule has 7 heteroatoms. The summed E-state index contributed by atoms with van der Waals surface area (Å²) in [6.45, 7) is 5.46. The highest BCUT2D eigenvalue weighted by Gasteiger charge is 2.03. The van der Waals surface area contributed by atoms with Crippen LogP contribution in [0.25, 0.3) is 0 Å². The second-order valence-electron chi connectivity index (χ2n) is 6.49. The molecule has 1 amide bonds. The van der Waals surface area contributed by atoms with Crippen LogP contribution in [0.1, 0.15) is 20.8 Å². The fraction of sp³-hybridized carbons (Fsp3) is 0.190. The molecule has 2 aromatic carbocycles. The van der Waals surface area contributed by atoms with Gasteiger partial charge in [-0.25, -0.2) is 9.97 Å². The van der Waals surface area contributed by atoms with E-state index in [1.807, 2.05) is 68.4 Å². The van der Waals surface area contributed by atoms with Crippen molar-refractivity contribution in [3.63, 3.8) is 0 Å². The van der Waals surface area contributed by atoms with E-state index in [4.69, 9.17) is 4.74 Å². The molecule has 0 atom stereocenters. The lowest BCUT2D eigenvalue weighted by Crippen LogP contribution is -2.06. The third-order valence-corrected chi connectivity index (χ3v) is 3.62. The van der Waals surface area contributed by atoms with Crippen molar-refractivity contribution in [3.8, 4) is 5.75 Å². The highest BCUT2D eigenvalue weighted by atomic mass is 16.5. The Bertz CT molecular complexity index is 942. The van der Waals surface area contributed by atoms with Gasteiger partial charge in [-0.05, 0) is 56.3 Å². The molecule has 3 rings (SSSR count). The zero-order valence-electron chi connectivity index (χ0n) is 16.1. The summed E-state index contributed by atoms with van der Waals surface area (Å²) in [5.41, 5.74) is 2.42. The predicted octanol–water partition coefficient (Wildman–Crippen LogP) is 4.71. The number of rotatable bonds is 7. The van der Waals surface area contributed by atoms with Gasteiger partial charge in [0, 0.05) is 30.1 Å². The van der Waals surface area contributed by atoms with E-state index in [-0.39, 0.29) is 12.0 Å². The van der Waals surface area contributed by atoms with E-state index in [2.05, 4.69) is 25.9 Å². The minimum absolute atomic E-state index is 0.115. The molecule has 0 saturated carbocycles. The van der Waals surface area contributed by atoms with Crippen LogP contribution < -0.4 is 20.7 Å². The van der Waals surface area contributed by atoms with Gasteiger partial charge in [-0.15, -0.1) is 0 Å². The summed E-state index contributed by atoms with van der Waals surface area (Å²) in [6, 6.07) is 16.9. The average Bonchev–Trinajstić information content (AvgIpc) is 2.63. The van der Waals surface area contributed by atoms with Gasteiger partial charge in [0.15, 0.2) is 0 Å². The Hall–Kier alpha value is -3.61. The average molecular weight is 377 g/mol. The molecule has 3 aromatic rings. The van der Waals surface area contributed by atoms with Crippen LogP contribution in [0, 0.1) is 0 Å². The molecule has 0 radical (unpaired) electrons. The molecule has 0 aliphatic heterocycles. The van der Waals surface area contributed by atoms with E-state index >= 15 is 0 Å². The van der Waals surface area contributed by atoms with E-state index in [9.17, 15) is 4.79 Å². The van der Waals surface area contributed by atoms with Crippen molar-refractivity contribution < 1.29 is 9.53 Å². The van der Waals surface area contributed by atoms with Gasteiger partial charge >= 0.3 is 0 Å². The molecule has 28 heavy (non-hydrogen) atoms. The summed E-state index contributed by atoms with van der Waals surface area (Å²) in [5, 5.41) is 9.21. The molecule has 0 unspecified atom stereocenters. The van der Waals surface area contributed by atoms with Crippen LogP contribution in [0.3, 0.4) is 0 Å². The molecule has 0 fully saturated rings. The number of carbonyl (C=O) groups is 1. The van der Waals surface area contributed by atoms with Crippen LogP contribution >= 0.6 is 0 Å². The molecule has 1 heterocycles. The van der Waals surface area contributed by atoms with Crippen LogP contribution in [0.5, 0.6) is 5.75 Å². The maximum atomic E-state index is 11.2. The second kappa shape index (κ2) is 8.85. The molecular weight excluding hydrogens is 354 g/mol. The van der Waals surface area contributed by atoms with E-state index in [1.54, 1.807) is 0 Å². The quantitative estimate of drug-likeness (QED) is 0.553. The lowest BCUT2D eigenvalue weighted by Gasteiger charge is -2.12. The molecule has 0 bridgehead atoms. The summed E-state index contributed by atoms with van der Waals surface area (Å²) >= 11 is 0. The Morgan fingerprint density at radius 1 is 0.893 bits per heavy atom. The topological polar surface area (TPSA) is 88.2 Å². The zero-order valence-corrected chi connectivity index (χ0v) is 16.1. The zero-order chi connectivity index (χ0) is 19.9. The fourth-order valence-electron chi connectivity index (χ4n) is 2.56. The largest absolute Gasteiger partial charge is 0.491 e. The summed E-state index contributed by atoms with van der Waals surface area (Å²) in [7, 11) is 0. The standard InChI is InChI=1S/C21H23N5O2/c1-14(2)28-19-9-7-16(8-10-19)25-20-12-21(23-13-22-20)26-18-6-4-5-17(11-18)24-15(3)27/h4-14H,1-3H3,(H,24,27)(H2,22,23,25,26). The predicted molar refractivity (Wildman–Crippen MR) is 112 cm³/mol. The van der Waals surface area contributed by atoms with Gasteiger partial charge in [0.1, 0.15) is 23.7 Å². The van der Waals surface area contributed by atoms with Crippen LogP contribution in [0.15, 0.2) is 60.9 Å². The van der Waals surface area contributed by atoms with Crippen molar-refractivity contribution in [1.82, 2.24) is 9.97 Å². The van der Waals surface area contributed by atoms with E-state index in [1.165, 1.54) is 13.3 Å². The number of nitrogens with zero attached hydrogens (tertiary/aromatic N) is 2. The first-order chi connectivity index (χ1) is 13.5. The van der Waals surface area contributed by atoms with Crippen molar-refractivity contribution in [2.24, 2.45) is 0 Å². The summed E-state index contributed by atoms with van der Waals surface area (Å²) in [5.74, 6) is 2.01. The van der Waals surface area contributed by atoms with Crippen molar-refractivity contribution >= 4 is 34.6 Å². The molecule has 0 aliphatic carbocycles.